The average Bonchev–Trinajstić information content (AvgIpc) is 3.34. The van der Waals surface area contributed by atoms with Gasteiger partial charge in [-0.05, 0) is 59.3 Å². The highest BCUT2D eigenvalue weighted by Gasteiger charge is 2.35. The number of hydrogen-bond donors (Lipinski definition) is 0. The van der Waals surface area contributed by atoms with E-state index < -0.39 is 0 Å². The Balaban J connectivity index is 1.81. The van der Waals surface area contributed by atoms with E-state index in [2.05, 4.69) is 35.5 Å². The lowest BCUT2D eigenvalue weighted by atomic mass is 10.1. The molecule has 0 atom stereocenters. The van der Waals surface area contributed by atoms with Crippen LogP contribution in [0.4, 0.5) is 0 Å². The van der Waals surface area contributed by atoms with Crippen molar-refractivity contribution in [1.29, 1.82) is 0 Å². The molecular formula is C21H35N4P. The molecule has 0 unspecified atom stereocenters. The van der Waals surface area contributed by atoms with Gasteiger partial charge in [-0.3, -0.25) is 9.89 Å². The van der Waals surface area contributed by atoms with Crippen LogP contribution in [0, 0.1) is 0 Å². The molecule has 0 aliphatic carbocycles. The zero-order valence-corrected chi connectivity index (χ0v) is 17.8. The Kier molecular flexibility index (Phi) is 5.43. The summed E-state index contributed by atoms with van der Waals surface area (Å²) < 4.78 is 0. The van der Waals surface area contributed by atoms with Crippen LogP contribution in [0.5, 0.6) is 0 Å². The van der Waals surface area contributed by atoms with Crippen molar-refractivity contribution in [3.63, 3.8) is 0 Å². The SMILES string of the molecule is CC(C)(C)N=C1CP=C(N2CCCC2)C(N2CCCC2)=C1N1CCCC1. The predicted molar refractivity (Wildman–Crippen MR) is 113 cm³/mol. The van der Waals surface area contributed by atoms with Crippen molar-refractivity contribution in [1.82, 2.24) is 14.7 Å². The van der Waals surface area contributed by atoms with Crippen molar-refractivity contribution in [2.45, 2.75) is 64.8 Å². The number of allylic oxidation sites excluding steroid dienone is 1. The van der Waals surface area contributed by atoms with Gasteiger partial charge >= 0.3 is 0 Å². The van der Waals surface area contributed by atoms with E-state index in [9.17, 15) is 0 Å². The first-order chi connectivity index (χ1) is 12.5. The quantitative estimate of drug-likeness (QED) is 0.701. The van der Waals surface area contributed by atoms with Gasteiger partial charge in [0.15, 0.2) is 0 Å². The second-order valence-electron chi connectivity index (χ2n) is 9.15. The molecule has 4 heterocycles. The molecule has 0 amide bonds. The van der Waals surface area contributed by atoms with Crippen LogP contribution in [0.1, 0.15) is 59.3 Å². The second kappa shape index (κ2) is 7.64. The number of nitrogens with zero attached hydrogens (tertiary/aromatic N) is 4. The minimum Gasteiger partial charge on any atom is -0.368 e. The molecule has 3 fully saturated rings. The highest BCUT2D eigenvalue weighted by atomic mass is 31.1. The molecule has 0 bridgehead atoms. The first kappa shape index (κ1) is 18.5. The summed E-state index contributed by atoms with van der Waals surface area (Å²) in [6.45, 7) is 14.1. The highest BCUT2D eigenvalue weighted by Crippen LogP contribution is 2.34. The van der Waals surface area contributed by atoms with Gasteiger partial charge in [0.1, 0.15) is 0 Å². The molecule has 144 valence electrons. The van der Waals surface area contributed by atoms with Crippen LogP contribution in [0.3, 0.4) is 0 Å². The van der Waals surface area contributed by atoms with E-state index >= 15 is 0 Å². The zero-order chi connectivity index (χ0) is 18.1. The third-order valence-corrected chi connectivity index (χ3v) is 7.06. The molecule has 4 aliphatic rings. The number of hydrogen-bond acceptors (Lipinski definition) is 4. The van der Waals surface area contributed by atoms with Gasteiger partial charge in [0.05, 0.1) is 28.1 Å². The Bertz CT molecular complexity index is 610. The van der Waals surface area contributed by atoms with Crippen LogP contribution in [0.15, 0.2) is 16.4 Å². The standard InChI is InChI=1S/C21H35N4P/c1-21(2,3)22-17-16-26-20(25-14-8-9-15-25)19(24-12-6-7-13-24)18(17)23-10-4-5-11-23/h4-16H2,1-3H3. The molecule has 4 nitrogen and oxygen atoms in total. The lowest BCUT2D eigenvalue weighted by Crippen LogP contribution is -2.43. The fraction of sp³-hybridized carbons (Fsp3) is 0.810. The van der Waals surface area contributed by atoms with Crippen molar-refractivity contribution in [3.8, 4) is 0 Å². The summed E-state index contributed by atoms with van der Waals surface area (Å²) in [6, 6.07) is 0. The predicted octanol–water partition coefficient (Wildman–Crippen LogP) is 3.81. The normalized spacial score (nSPS) is 27.8. The molecule has 0 N–H and O–H groups in total. The molecule has 0 aromatic carbocycles. The van der Waals surface area contributed by atoms with Crippen LogP contribution in [-0.2, 0) is 0 Å². The van der Waals surface area contributed by atoms with Gasteiger partial charge in [-0.1, -0.05) is 8.20 Å². The summed E-state index contributed by atoms with van der Waals surface area (Å²) in [5.74, 6) is 0. The van der Waals surface area contributed by atoms with E-state index in [1.165, 1.54) is 97.4 Å². The number of likely N-dealkylation sites (tertiary alicyclic amines) is 3. The lowest BCUT2D eigenvalue weighted by molar-refractivity contribution is 0.383. The molecule has 0 aromatic rings. The monoisotopic (exact) mass is 374 g/mol. The third kappa shape index (κ3) is 3.87. The fourth-order valence-electron chi connectivity index (χ4n) is 4.72. The fourth-order valence-corrected chi connectivity index (χ4v) is 6.04. The van der Waals surface area contributed by atoms with Gasteiger partial charge in [-0.2, -0.15) is 0 Å². The van der Waals surface area contributed by atoms with E-state index in [0.29, 0.717) is 0 Å². The topological polar surface area (TPSA) is 22.1 Å². The number of aliphatic imine (C=N–C) groups is 1. The van der Waals surface area contributed by atoms with Crippen molar-refractivity contribution >= 4 is 19.3 Å². The van der Waals surface area contributed by atoms with Crippen molar-refractivity contribution in [2.75, 3.05) is 45.4 Å². The number of rotatable bonds is 3. The summed E-state index contributed by atoms with van der Waals surface area (Å²) in [7, 11) is 1.47. The molecule has 26 heavy (non-hydrogen) atoms. The molecule has 3 saturated heterocycles. The van der Waals surface area contributed by atoms with Crippen molar-refractivity contribution in [3.05, 3.63) is 11.4 Å². The summed E-state index contributed by atoms with van der Waals surface area (Å²) in [6.07, 6.45) is 9.14. The minimum atomic E-state index is -0.00288. The Morgan fingerprint density at radius 1 is 0.692 bits per heavy atom. The molecule has 4 aliphatic heterocycles. The van der Waals surface area contributed by atoms with Crippen LogP contribution in [-0.4, -0.2) is 76.8 Å². The van der Waals surface area contributed by atoms with Crippen LogP contribution in [0.2, 0.25) is 0 Å². The lowest BCUT2D eigenvalue weighted by Gasteiger charge is -2.37. The van der Waals surface area contributed by atoms with E-state index in [1.54, 1.807) is 11.1 Å². The maximum absolute atomic E-state index is 5.23. The van der Waals surface area contributed by atoms with E-state index in [4.69, 9.17) is 4.99 Å². The highest BCUT2D eigenvalue weighted by molar-refractivity contribution is 7.42. The smallest absolute Gasteiger partial charge is 0.0852 e. The van der Waals surface area contributed by atoms with Gasteiger partial charge < -0.3 is 9.80 Å². The van der Waals surface area contributed by atoms with Gasteiger partial charge in [-0.25, -0.2) is 0 Å². The van der Waals surface area contributed by atoms with Crippen molar-refractivity contribution in [2.24, 2.45) is 4.99 Å². The molecule has 5 heteroatoms. The molecule has 0 aromatic heterocycles. The van der Waals surface area contributed by atoms with Gasteiger partial charge in [0.2, 0.25) is 0 Å². The summed E-state index contributed by atoms with van der Waals surface area (Å²) in [5, 5.41) is 0. The third-order valence-electron chi connectivity index (χ3n) is 5.81. The van der Waals surface area contributed by atoms with E-state index in [-0.39, 0.29) is 5.54 Å². The summed E-state index contributed by atoms with van der Waals surface area (Å²) >= 11 is 0. The van der Waals surface area contributed by atoms with Gasteiger partial charge in [0.25, 0.3) is 0 Å². The van der Waals surface area contributed by atoms with E-state index in [0.717, 1.165) is 6.16 Å². The average molecular weight is 375 g/mol. The van der Waals surface area contributed by atoms with E-state index in [1.807, 2.05) is 0 Å². The summed E-state index contributed by atoms with van der Waals surface area (Å²) in [4.78, 5) is 13.3. The molecule has 0 spiro atoms. The Morgan fingerprint density at radius 3 is 1.65 bits per heavy atom. The van der Waals surface area contributed by atoms with Crippen molar-refractivity contribution < 1.29 is 0 Å². The zero-order valence-electron chi connectivity index (χ0n) is 16.9. The maximum atomic E-state index is 5.23. The van der Waals surface area contributed by atoms with Crippen LogP contribution >= 0.6 is 8.20 Å². The molecule has 0 saturated carbocycles. The van der Waals surface area contributed by atoms with Crippen LogP contribution < -0.4 is 0 Å². The maximum Gasteiger partial charge on any atom is 0.0852 e. The molecule has 4 rings (SSSR count). The first-order valence-corrected chi connectivity index (χ1v) is 11.7. The van der Waals surface area contributed by atoms with Gasteiger partial charge in [0, 0.05) is 45.4 Å². The summed E-state index contributed by atoms with van der Waals surface area (Å²) in [5.41, 5.74) is 6.03. The first-order valence-electron chi connectivity index (χ1n) is 10.7. The minimum absolute atomic E-state index is 0.00288. The Labute approximate surface area is 161 Å². The molecule has 0 radical (unpaired) electrons. The second-order valence-corrected chi connectivity index (χ2v) is 10.2. The molecular weight excluding hydrogens is 339 g/mol. The van der Waals surface area contributed by atoms with Crippen LogP contribution in [0.25, 0.3) is 0 Å². The largest absolute Gasteiger partial charge is 0.368 e. The Morgan fingerprint density at radius 2 is 1.15 bits per heavy atom. The Hall–Kier alpha value is -0.860. The van der Waals surface area contributed by atoms with Gasteiger partial charge in [-0.15, -0.1) is 0 Å².